The second-order valence-corrected chi connectivity index (χ2v) is 4.51. The second kappa shape index (κ2) is 6.73. The van der Waals surface area contributed by atoms with E-state index in [1.807, 2.05) is 30.3 Å². The van der Waals surface area contributed by atoms with Crippen LogP contribution in [-0.2, 0) is 6.54 Å². The van der Waals surface area contributed by atoms with Gasteiger partial charge in [-0.25, -0.2) is 0 Å². The van der Waals surface area contributed by atoms with E-state index in [9.17, 15) is 4.79 Å². The number of pyridine rings is 1. The van der Waals surface area contributed by atoms with Gasteiger partial charge in [-0.05, 0) is 48.4 Å². The van der Waals surface area contributed by atoms with Crippen LogP contribution in [0.1, 0.15) is 12.0 Å². The van der Waals surface area contributed by atoms with Crippen molar-refractivity contribution in [2.75, 3.05) is 13.7 Å². The van der Waals surface area contributed by atoms with E-state index >= 15 is 0 Å². The van der Waals surface area contributed by atoms with Crippen molar-refractivity contribution in [2.45, 2.75) is 13.0 Å². The summed E-state index contributed by atoms with van der Waals surface area (Å²) in [6.45, 7) is 0.359. The minimum absolute atomic E-state index is 0.00866. The van der Waals surface area contributed by atoms with Crippen molar-refractivity contribution in [1.29, 1.82) is 5.26 Å². The van der Waals surface area contributed by atoms with Crippen molar-refractivity contribution in [3.05, 3.63) is 52.3 Å². The lowest BCUT2D eigenvalue weighted by atomic mass is 10.1. The highest BCUT2D eigenvalue weighted by atomic mass is 16.5. The molecule has 5 nitrogen and oxygen atoms in total. The van der Waals surface area contributed by atoms with Gasteiger partial charge < -0.3 is 14.4 Å². The molecule has 0 saturated carbocycles. The van der Waals surface area contributed by atoms with Crippen molar-refractivity contribution >= 4 is 0 Å². The molecule has 0 fully saturated rings. The van der Waals surface area contributed by atoms with E-state index < -0.39 is 0 Å². The first-order valence-corrected chi connectivity index (χ1v) is 6.60. The molecule has 0 aliphatic carbocycles. The SMILES string of the molecule is COc1ccc(-c2ccc(C#N)c(=O)n2CCCO)cc1. The van der Waals surface area contributed by atoms with E-state index in [1.54, 1.807) is 13.2 Å². The summed E-state index contributed by atoms with van der Waals surface area (Å²) in [5, 5.41) is 17.9. The number of ether oxygens (including phenoxy) is 1. The molecule has 1 heterocycles. The molecular weight excluding hydrogens is 268 g/mol. The zero-order valence-electron chi connectivity index (χ0n) is 11.7. The molecule has 0 atom stereocenters. The molecule has 0 aliphatic rings. The van der Waals surface area contributed by atoms with E-state index in [1.165, 1.54) is 10.6 Å². The number of hydrogen-bond donors (Lipinski definition) is 1. The summed E-state index contributed by atoms with van der Waals surface area (Å²) in [6.07, 6.45) is 0.456. The molecule has 5 heteroatoms. The lowest BCUT2D eigenvalue weighted by Crippen LogP contribution is -2.24. The number of nitriles is 1. The monoisotopic (exact) mass is 284 g/mol. The van der Waals surface area contributed by atoms with Crippen molar-refractivity contribution in [2.24, 2.45) is 0 Å². The predicted octanol–water partition coefficient (Wildman–Crippen LogP) is 1.78. The van der Waals surface area contributed by atoms with E-state index in [0.717, 1.165) is 17.0 Å². The van der Waals surface area contributed by atoms with E-state index in [-0.39, 0.29) is 17.7 Å². The fourth-order valence-corrected chi connectivity index (χ4v) is 2.13. The van der Waals surface area contributed by atoms with Crippen LogP contribution in [0.15, 0.2) is 41.2 Å². The molecule has 0 bridgehead atoms. The zero-order chi connectivity index (χ0) is 15.2. The van der Waals surface area contributed by atoms with Gasteiger partial charge in [-0.3, -0.25) is 4.79 Å². The molecule has 0 radical (unpaired) electrons. The second-order valence-electron chi connectivity index (χ2n) is 4.51. The number of methoxy groups -OCH3 is 1. The van der Waals surface area contributed by atoms with Crippen molar-refractivity contribution in [1.82, 2.24) is 4.57 Å². The number of rotatable bonds is 5. The molecule has 1 aromatic heterocycles. The molecule has 1 N–H and O–H groups in total. The van der Waals surface area contributed by atoms with Crippen LogP contribution in [0, 0.1) is 11.3 Å². The Kier molecular flexibility index (Phi) is 4.75. The van der Waals surface area contributed by atoms with Gasteiger partial charge in [-0.15, -0.1) is 0 Å². The molecule has 2 aromatic rings. The Morgan fingerprint density at radius 2 is 1.95 bits per heavy atom. The molecule has 0 spiro atoms. The molecule has 0 amide bonds. The molecule has 0 unspecified atom stereocenters. The van der Waals surface area contributed by atoms with Crippen LogP contribution in [0.2, 0.25) is 0 Å². The van der Waals surface area contributed by atoms with Crippen molar-refractivity contribution in [3.63, 3.8) is 0 Å². The Morgan fingerprint density at radius 1 is 1.24 bits per heavy atom. The highest BCUT2D eigenvalue weighted by Crippen LogP contribution is 2.22. The van der Waals surface area contributed by atoms with Gasteiger partial charge in [0.05, 0.1) is 12.8 Å². The topological polar surface area (TPSA) is 75.2 Å². The van der Waals surface area contributed by atoms with E-state index in [4.69, 9.17) is 15.1 Å². The normalized spacial score (nSPS) is 10.1. The molecule has 0 aliphatic heterocycles. The van der Waals surface area contributed by atoms with Gasteiger partial charge in [0.1, 0.15) is 17.4 Å². The predicted molar refractivity (Wildman–Crippen MR) is 79.1 cm³/mol. The number of aromatic nitrogens is 1. The first-order valence-electron chi connectivity index (χ1n) is 6.60. The number of benzene rings is 1. The van der Waals surface area contributed by atoms with Gasteiger partial charge >= 0.3 is 0 Å². The average molecular weight is 284 g/mol. The number of aliphatic hydroxyl groups excluding tert-OH is 1. The fourth-order valence-electron chi connectivity index (χ4n) is 2.13. The van der Waals surface area contributed by atoms with Gasteiger partial charge in [-0.1, -0.05) is 0 Å². The third-order valence-electron chi connectivity index (χ3n) is 3.22. The largest absolute Gasteiger partial charge is 0.497 e. The van der Waals surface area contributed by atoms with E-state index in [2.05, 4.69) is 0 Å². The quantitative estimate of drug-likeness (QED) is 0.908. The van der Waals surface area contributed by atoms with Gasteiger partial charge in [-0.2, -0.15) is 5.26 Å². The van der Waals surface area contributed by atoms with Gasteiger partial charge in [0.2, 0.25) is 0 Å². The zero-order valence-corrected chi connectivity index (χ0v) is 11.7. The van der Waals surface area contributed by atoms with Crippen LogP contribution in [0.3, 0.4) is 0 Å². The summed E-state index contributed by atoms with van der Waals surface area (Å²) in [5.41, 5.74) is 1.34. The van der Waals surface area contributed by atoms with Gasteiger partial charge in [0.25, 0.3) is 5.56 Å². The lowest BCUT2D eigenvalue weighted by molar-refractivity contribution is 0.279. The fraction of sp³-hybridized carbons (Fsp3) is 0.250. The van der Waals surface area contributed by atoms with Crippen molar-refractivity contribution < 1.29 is 9.84 Å². The standard InChI is InChI=1S/C16H16N2O3/c1-21-14-6-3-12(4-7-14)15-8-5-13(11-17)16(20)18(15)9-2-10-19/h3-8,19H,2,9-10H2,1H3. The highest BCUT2D eigenvalue weighted by Gasteiger charge is 2.10. The molecule has 108 valence electrons. The molecular formula is C16H16N2O3. The third-order valence-corrected chi connectivity index (χ3v) is 3.22. The maximum atomic E-state index is 12.3. The maximum absolute atomic E-state index is 12.3. The van der Waals surface area contributed by atoms with Crippen LogP contribution in [0.25, 0.3) is 11.3 Å². The number of aliphatic hydroxyl groups is 1. The number of nitrogens with zero attached hydrogens (tertiary/aromatic N) is 2. The van der Waals surface area contributed by atoms with Crippen LogP contribution >= 0.6 is 0 Å². The first kappa shape index (κ1) is 14.8. The molecule has 21 heavy (non-hydrogen) atoms. The smallest absolute Gasteiger partial charge is 0.268 e. The first-order chi connectivity index (χ1) is 10.2. The Bertz CT molecular complexity index is 712. The summed E-state index contributed by atoms with van der Waals surface area (Å²) >= 11 is 0. The molecule has 2 rings (SSSR count). The third kappa shape index (κ3) is 3.12. The Labute approximate surface area is 122 Å². The lowest BCUT2D eigenvalue weighted by Gasteiger charge is -2.13. The van der Waals surface area contributed by atoms with Crippen LogP contribution in [-0.4, -0.2) is 23.4 Å². The van der Waals surface area contributed by atoms with Gasteiger partial charge in [0, 0.05) is 13.2 Å². The summed E-state index contributed by atoms with van der Waals surface area (Å²) in [4.78, 5) is 12.3. The minimum atomic E-state index is -0.334. The van der Waals surface area contributed by atoms with E-state index in [0.29, 0.717) is 13.0 Å². The van der Waals surface area contributed by atoms with Crippen LogP contribution < -0.4 is 10.3 Å². The van der Waals surface area contributed by atoms with Gasteiger partial charge in [0.15, 0.2) is 0 Å². The number of hydrogen-bond acceptors (Lipinski definition) is 4. The summed E-state index contributed by atoms with van der Waals surface area (Å²) < 4.78 is 6.64. The summed E-state index contributed by atoms with van der Waals surface area (Å²) in [5.74, 6) is 0.733. The highest BCUT2D eigenvalue weighted by molar-refractivity contribution is 5.61. The maximum Gasteiger partial charge on any atom is 0.268 e. The minimum Gasteiger partial charge on any atom is -0.497 e. The van der Waals surface area contributed by atoms with Crippen LogP contribution in [0.5, 0.6) is 5.75 Å². The summed E-state index contributed by atoms with van der Waals surface area (Å²) in [6, 6.07) is 12.5. The molecule has 0 saturated heterocycles. The Morgan fingerprint density at radius 3 is 2.52 bits per heavy atom. The average Bonchev–Trinajstić information content (AvgIpc) is 2.53. The Balaban J connectivity index is 2.53. The molecule has 1 aromatic carbocycles. The summed E-state index contributed by atoms with van der Waals surface area (Å²) in [7, 11) is 1.59. The van der Waals surface area contributed by atoms with Crippen LogP contribution in [0.4, 0.5) is 0 Å². The van der Waals surface area contributed by atoms with Crippen molar-refractivity contribution in [3.8, 4) is 23.1 Å². The Hall–Kier alpha value is -2.58.